The van der Waals surface area contributed by atoms with Gasteiger partial charge in [0.05, 0.1) is 9.79 Å². The molecule has 58 heavy (non-hydrogen) atoms. The van der Waals surface area contributed by atoms with Crippen LogP contribution in [0.4, 0.5) is 17.6 Å². The largest absolute Gasteiger partial charge is 0.485 e. The number of hydrogen-bond acceptors (Lipinski definition) is 9. The molecule has 15 heteroatoms. The fraction of sp³-hybridized carbons (Fsp3) is 0.140. The fourth-order valence-electron chi connectivity index (χ4n) is 6.85. The molecule has 2 aliphatic rings. The SMILES string of the molecule is CS(=O)(=O)c1ccc(-c2cc3c(cc2C(=O)c2cc4c(cc2-c2ccc(S(C)(=O)=O)cc2)OC(c2cc(F)cc(F)c2)CO4)OCC(c2cc(F)cc(F)c2)O3)cc1. The van der Waals surface area contributed by atoms with Crippen LogP contribution in [0.25, 0.3) is 22.3 Å². The number of benzene rings is 6. The van der Waals surface area contributed by atoms with Gasteiger partial charge in [-0.3, -0.25) is 4.79 Å². The van der Waals surface area contributed by atoms with Crippen molar-refractivity contribution in [1.29, 1.82) is 0 Å². The molecule has 0 saturated carbocycles. The normalized spacial score (nSPS) is 16.2. The van der Waals surface area contributed by atoms with Crippen molar-refractivity contribution in [2.45, 2.75) is 22.0 Å². The molecule has 2 unspecified atom stereocenters. The first-order valence-electron chi connectivity index (χ1n) is 17.5. The Kier molecular flexibility index (Phi) is 9.76. The van der Waals surface area contributed by atoms with E-state index in [0.29, 0.717) is 11.1 Å². The summed E-state index contributed by atoms with van der Waals surface area (Å²) in [5, 5.41) is 0. The lowest BCUT2D eigenvalue weighted by atomic mass is 9.89. The molecule has 0 bridgehead atoms. The third-order valence-corrected chi connectivity index (χ3v) is 11.9. The van der Waals surface area contributed by atoms with E-state index >= 15 is 4.79 Å². The Morgan fingerprint density at radius 3 is 1.17 bits per heavy atom. The molecule has 0 aliphatic carbocycles. The van der Waals surface area contributed by atoms with Crippen LogP contribution in [0.5, 0.6) is 23.0 Å². The first-order valence-corrected chi connectivity index (χ1v) is 21.3. The smallest absolute Gasteiger partial charge is 0.194 e. The average Bonchev–Trinajstić information content (AvgIpc) is 3.18. The number of halogens is 4. The Hall–Kier alpha value is -6.19. The highest BCUT2D eigenvalue weighted by Crippen LogP contribution is 2.46. The van der Waals surface area contributed by atoms with Crippen LogP contribution in [-0.2, 0) is 19.7 Å². The summed E-state index contributed by atoms with van der Waals surface area (Å²) in [7, 11) is -7.18. The summed E-state index contributed by atoms with van der Waals surface area (Å²) in [6, 6.07) is 23.5. The topological polar surface area (TPSA) is 122 Å². The lowest BCUT2D eigenvalue weighted by Crippen LogP contribution is -2.23. The van der Waals surface area contributed by atoms with Crippen molar-refractivity contribution in [3.8, 4) is 45.3 Å². The second kappa shape index (κ2) is 14.6. The van der Waals surface area contributed by atoms with Crippen molar-refractivity contribution in [1.82, 2.24) is 0 Å². The third kappa shape index (κ3) is 7.74. The Morgan fingerprint density at radius 2 is 0.845 bits per heavy atom. The van der Waals surface area contributed by atoms with Crippen LogP contribution in [0.1, 0.15) is 39.3 Å². The summed E-state index contributed by atoms with van der Waals surface area (Å²) in [5.41, 5.74) is 1.86. The maximum Gasteiger partial charge on any atom is 0.194 e. The third-order valence-electron chi connectivity index (χ3n) is 9.68. The molecule has 6 aromatic rings. The highest BCUT2D eigenvalue weighted by Gasteiger charge is 2.31. The van der Waals surface area contributed by atoms with E-state index in [1.165, 1.54) is 72.8 Å². The van der Waals surface area contributed by atoms with Crippen molar-refractivity contribution in [2.24, 2.45) is 0 Å². The number of carbonyl (C=O) groups excluding carboxylic acids is 1. The molecule has 2 atom stereocenters. The van der Waals surface area contributed by atoms with Crippen molar-refractivity contribution in [3.63, 3.8) is 0 Å². The standard InChI is InChI=1S/C43H30F4O9S2/c1-57(49,50)31-7-3-23(4-8-31)33-17-39-37(53-21-41(55-39)25-11-27(44)15-28(45)12-25)19-35(33)43(48)36-20-38-40(18-34(36)24-5-9-32(10-6-24)58(2,51)52)56-42(22-54-38)26-13-29(46)16-30(47)14-26/h3-20,41-42H,21-22H2,1-2H3. The molecule has 0 fully saturated rings. The molecule has 2 aliphatic heterocycles. The van der Waals surface area contributed by atoms with Crippen molar-refractivity contribution < 1.29 is 58.1 Å². The van der Waals surface area contributed by atoms with Crippen molar-refractivity contribution in [2.75, 3.05) is 25.7 Å². The summed E-state index contributed by atoms with van der Waals surface area (Å²) in [5.74, 6) is -3.27. The predicted molar refractivity (Wildman–Crippen MR) is 204 cm³/mol. The van der Waals surface area contributed by atoms with Gasteiger partial charge in [0.15, 0.2) is 60.7 Å². The molecular formula is C43H30F4O9S2. The van der Waals surface area contributed by atoms with E-state index in [-0.39, 0.29) is 79.4 Å². The molecule has 0 spiro atoms. The molecule has 0 aromatic heterocycles. The van der Waals surface area contributed by atoms with Crippen LogP contribution in [0, 0.1) is 23.3 Å². The minimum absolute atomic E-state index is 0.0285. The summed E-state index contributed by atoms with van der Waals surface area (Å²) in [6.45, 7) is -0.325. The maximum absolute atomic E-state index is 15.0. The monoisotopic (exact) mass is 830 g/mol. The minimum atomic E-state index is -3.59. The highest BCUT2D eigenvalue weighted by atomic mass is 32.2. The van der Waals surface area contributed by atoms with Gasteiger partial charge >= 0.3 is 0 Å². The van der Waals surface area contributed by atoms with Crippen molar-refractivity contribution in [3.05, 3.63) is 155 Å². The molecule has 0 amide bonds. The molecule has 296 valence electrons. The zero-order valence-electron chi connectivity index (χ0n) is 30.5. The molecule has 8 rings (SSSR count). The summed E-state index contributed by atoms with van der Waals surface area (Å²) < 4.78 is 130. The van der Waals surface area contributed by atoms with E-state index in [1.807, 2.05) is 0 Å². The molecule has 2 heterocycles. The second-order valence-electron chi connectivity index (χ2n) is 13.9. The van der Waals surface area contributed by atoms with Crippen LogP contribution >= 0.6 is 0 Å². The molecule has 9 nitrogen and oxygen atoms in total. The molecule has 0 radical (unpaired) electrons. The van der Waals surface area contributed by atoms with Crippen LogP contribution in [0.15, 0.2) is 119 Å². The minimum Gasteiger partial charge on any atom is -0.485 e. The van der Waals surface area contributed by atoms with Gasteiger partial charge in [0.2, 0.25) is 0 Å². The lowest BCUT2D eigenvalue weighted by Gasteiger charge is -2.29. The van der Waals surface area contributed by atoms with Gasteiger partial charge in [-0.2, -0.15) is 0 Å². The van der Waals surface area contributed by atoms with Gasteiger partial charge in [-0.15, -0.1) is 0 Å². The van der Waals surface area contributed by atoms with Gasteiger partial charge in [-0.25, -0.2) is 34.4 Å². The number of sulfone groups is 2. The van der Waals surface area contributed by atoms with E-state index in [1.54, 1.807) is 0 Å². The van der Waals surface area contributed by atoms with E-state index in [9.17, 15) is 34.4 Å². The average molecular weight is 831 g/mol. The molecule has 0 saturated heterocycles. The Morgan fingerprint density at radius 1 is 0.500 bits per heavy atom. The zero-order chi connectivity index (χ0) is 41.1. The maximum atomic E-state index is 15.0. The van der Waals surface area contributed by atoms with Gasteiger partial charge in [-0.05, 0) is 95.1 Å². The number of ketones is 1. The molecule has 0 N–H and O–H groups in total. The predicted octanol–water partition coefficient (Wildman–Crippen LogP) is 8.64. The van der Waals surface area contributed by atoms with Gasteiger partial charge in [0.25, 0.3) is 0 Å². The number of rotatable bonds is 8. The number of fused-ring (bicyclic) bond motifs is 2. The summed E-state index contributed by atoms with van der Waals surface area (Å²) in [4.78, 5) is 15.1. The highest BCUT2D eigenvalue weighted by molar-refractivity contribution is 7.91. The number of ether oxygens (including phenoxy) is 4. The van der Waals surface area contributed by atoms with Crippen LogP contribution < -0.4 is 18.9 Å². The zero-order valence-corrected chi connectivity index (χ0v) is 32.1. The second-order valence-corrected chi connectivity index (χ2v) is 17.9. The quantitative estimate of drug-likeness (QED) is 0.110. The lowest BCUT2D eigenvalue weighted by molar-refractivity contribution is 0.0899. The summed E-state index contributed by atoms with van der Waals surface area (Å²) in [6.07, 6.45) is 0.264. The molecule has 6 aromatic carbocycles. The first kappa shape index (κ1) is 38.7. The Balaban J connectivity index is 1.27. The van der Waals surface area contributed by atoms with Crippen LogP contribution in [0.2, 0.25) is 0 Å². The van der Waals surface area contributed by atoms with Gasteiger partial charge in [-0.1, -0.05) is 24.3 Å². The Labute approximate surface area is 330 Å². The number of hydrogen-bond donors (Lipinski definition) is 0. The van der Waals surface area contributed by atoms with Crippen LogP contribution in [-0.4, -0.2) is 48.3 Å². The van der Waals surface area contributed by atoms with Gasteiger partial charge in [0.1, 0.15) is 36.5 Å². The van der Waals surface area contributed by atoms with E-state index in [0.717, 1.165) is 48.9 Å². The van der Waals surface area contributed by atoms with Gasteiger partial charge in [0, 0.05) is 46.9 Å². The number of carbonyl (C=O) groups is 1. The van der Waals surface area contributed by atoms with Crippen LogP contribution in [0.3, 0.4) is 0 Å². The molecular weight excluding hydrogens is 801 g/mol. The van der Waals surface area contributed by atoms with Crippen molar-refractivity contribution >= 4 is 25.5 Å². The van der Waals surface area contributed by atoms with E-state index in [2.05, 4.69) is 0 Å². The van der Waals surface area contributed by atoms with Gasteiger partial charge < -0.3 is 18.9 Å². The van der Waals surface area contributed by atoms with E-state index < -0.39 is 60.9 Å². The Bertz CT molecular complexity index is 2630. The first-order chi connectivity index (χ1) is 27.5. The summed E-state index contributed by atoms with van der Waals surface area (Å²) >= 11 is 0. The fourth-order valence-corrected chi connectivity index (χ4v) is 8.11. The van der Waals surface area contributed by atoms with E-state index in [4.69, 9.17) is 18.9 Å².